The van der Waals surface area contributed by atoms with Crippen LogP contribution in [0.25, 0.3) is 5.76 Å². The third-order valence-corrected chi connectivity index (χ3v) is 5.55. The topological polar surface area (TPSA) is 87.1 Å². The summed E-state index contributed by atoms with van der Waals surface area (Å²) in [6.45, 7) is 2.80. The number of ether oxygens (including phenoxy) is 1. The quantitative estimate of drug-likeness (QED) is 0.311. The van der Waals surface area contributed by atoms with Crippen molar-refractivity contribution in [1.82, 2.24) is 4.90 Å². The molecule has 0 radical (unpaired) electrons. The van der Waals surface area contributed by atoms with Gasteiger partial charge in [-0.25, -0.2) is 0 Å². The Labute approximate surface area is 192 Å². The average molecular weight is 443 g/mol. The van der Waals surface area contributed by atoms with Gasteiger partial charge in [0.15, 0.2) is 0 Å². The van der Waals surface area contributed by atoms with Gasteiger partial charge < -0.3 is 19.8 Å². The highest BCUT2D eigenvalue weighted by Crippen LogP contribution is 2.40. The number of aliphatic hydroxyl groups excluding tert-OH is 1. The van der Waals surface area contributed by atoms with Crippen LogP contribution in [-0.2, 0) is 16.1 Å². The van der Waals surface area contributed by atoms with Crippen molar-refractivity contribution < 1.29 is 24.5 Å². The molecular weight excluding hydrogens is 418 g/mol. The van der Waals surface area contributed by atoms with E-state index >= 15 is 0 Å². The van der Waals surface area contributed by atoms with E-state index in [1.54, 1.807) is 36.4 Å². The molecule has 0 aromatic heterocycles. The van der Waals surface area contributed by atoms with Crippen LogP contribution in [0, 0.1) is 0 Å². The maximum absolute atomic E-state index is 13.1. The molecule has 6 nitrogen and oxygen atoms in total. The Bertz CT molecular complexity index is 1170. The zero-order valence-electron chi connectivity index (χ0n) is 18.3. The molecule has 0 saturated carbocycles. The van der Waals surface area contributed by atoms with Gasteiger partial charge in [0.05, 0.1) is 18.2 Å². The minimum atomic E-state index is -0.790. The van der Waals surface area contributed by atoms with Crippen molar-refractivity contribution in [2.45, 2.75) is 25.9 Å². The van der Waals surface area contributed by atoms with Gasteiger partial charge in [0.2, 0.25) is 0 Å². The van der Waals surface area contributed by atoms with E-state index in [1.165, 1.54) is 17.0 Å². The highest BCUT2D eigenvalue weighted by atomic mass is 16.5. The smallest absolute Gasteiger partial charge is 0.295 e. The zero-order valence-corrected chi connectivity index (χ0v) is 18.3. The highest BCUT2D eigenvalue weighted by molar-refractivity contribution is 6.46. The second kappa shape index (κ2) is 9.61. The van der Waals surface area contributed by atoms with Crippen LogP contribution >= 0.6 is 0 Å². The first kappa shape index (κ1) is 22.1. The Morgan fingerprint density at radius 1 is 0.939 bits per heavy atom. The number of benzene rings is 3. The van der Waals surface area contributed by atoms with Crippen LogP contribution in [0.3, 0.4) is 0 Å². The summed E-state index contributed by atoms with van der Waals surface area (Å²) in [4.78, 5) is 27.6. The van der Waals surface area contributed by atoms with Gasteiger partial charge in [0.25, 0.3) is 11.7 Å². The van der Waals surface area contributed by atoms with Crippen LogP contribution in [0.15, 0.2) is 84.4 Å². The van der Waals surface area contributed by atoms with Crippen molar-refractivity contribution in [2.75, 3.05) is 6.61 Å². The largest absolute Gasteiger partial charge is 0.508 e. The van der Waals surface area contributed by atoms with Crippen LogP contribution < -0.4 is 4.74 Å². The molecule has 1 unspecified atom stereocenters. The predicted octanol–water partition coefficient (Wildman–Crippen LogP) is 4.80. The fraction of sp³-hybridized carbons (Fsp3) is 0.185. The predicted molar refractivity (Wildman–Crippen MR) is 125 cm³/mol. The van der Waals surface area contributed by atoms with Gasteiger partial charge >= 0.3 is 0 Å². The van der Waals surface area contributed by atoms with Gasteiger partial charge in [0.1, 0.15) is 17.3 Å². The Kier molecular flexibility index (Phi) is 6.45. The molecule has 1 fully saturated rings. The van der Waals surface area contributed by atoms with E-state index in [1.807, 2.05) is 37.3 Å². The number of rotatable bonds is 7. The molecule has 6 heteroatoms. The lowest BCUT2D eigenvalue weighted by molar-refractivity contribution is -0.140. The number of ketones is 1. The molecule has 3 aromatic rings. The number of carbonyl (C=O) groups excluding carboxylic acids is 2. The van der Waals surface area contributed by atoms with Crippen LogP contribution in [0.1, 0.15) is 36.1 Å². The fourth-order valence-electron chi connectivity index (χ4n) is 3.91. The van der Waals surface area contributed by atoms with E-state index in [9.17, 15) is 19.8 Å². The van der Waals surface area contributed by atoms with E-state index in [-0.39, 0.29) is 23.6 Å². The summed E-state index contributed by atoms with van der Waals surface area (Å²) in [5, 5.41) is 20.9. The second-order valence-corrected chi connectivity index (χ2v) is 7.88. The number of phenols is 1. The lowest BCUT2D eigenvalue weighted by atomic mass is 9.95. The molecule has 1 saturated heterocycles. The first-order chi connectivity index (χ1) is 16.0. The zero-order chi connectivity index (χ0) is 23.4. The summed E-state index contributed by atoms with van der Waals surface area (Å²) in [7, 11) is 0. The summed E-state index contributed by atoms with van der Waals surface area (Å²) >= 11 is 0. The standard InChI is InChI=1S/C27H25NO5/c1-2-16-33-22-14-10-20(11-15-22)25(30)23-24(19-8-12-21(29)13-9-19)28(27(32)26(23)31)17-18-6-4-3-5-7-18/h3-15,24,29-30H,2,16-17H2,1H3. The van der Waals surface area contributed by atoms with E-state index in [0.717, 1.165) is 12.0 Å². The normalized spacial score (nSPS) is 17.4. The molecule has 4 rings (SSSR count). The Morgan fingerprint density at radius 2 is 1.61 bits per heavy atom. The van der Waals surface area contributed by atoms with Crippen molar-refractivity contribution in [2.24, 2.45) is 0 Å². The van der Waals surface area contributed by atoms with Gasteiger partial charge in [-0.15, -0.1) is 0 Å². The molecule has 1 aliphatic rings. The van der Waals surface area contributed by atoms with Gasteiger partial charge in [-0.1, -0.05) is 49.4 Å². The number of aliphatic hydroxyl groups is 1. The number of phenolic OH excluding ortho intramolecular Hbond substituents is 1. The van der Waals surface area contributed by atoms with Crippen molar-refractivity contribution >= 4 is 17.4 Å². The summed E-state index contributed by atoms with van der Waals surface area (Å²) in [5.41, 5.74) is 1.91. The van der Waals surface area contributed by atoms with Gasteiger partial charge in [-0.3, -0.25) is 9.59 Å². The number of nitrogens with zero attached hydrogens (tertiary/aromatic N) is 1. The number of carbonyl (C=O) groups is 2. The Balaban J connectivity index is 1.78. The number of hydrogen-bond donors (Lipinski definition) is 2. The van der Waals surface area contributed by atoms with Crippen molar-refractivity contribution in [3.63, 3.8) is 0 Å². The molecule has 1 heterocycles. The fourth-order valence-corrected chi connectivity index (χ4v) is 3.91. The van der Waals surface area contributed by atoms with Crippen LogP contribution in [-0.4, -0.2) is 33.4 Å². The van der Waals surface area contributed by atoms with Crippen LogP contribution in [0.5, 0.6) is 11.5 Å². The average Bonchev–Trinajstić information content (AvgIpc) is 3.08. The number of likely N-dealkylation sites (tertiary alicyclic amines) is 1. The summed E-state index contributed by atoms with van der Waals surface area (Å²) in [5.74, 6) is -0.937. The van der Waals surface area contributed by atoms with Crippen molar-refractivity contribution in [1.29, 1.82) is 0 Å². The lowest BCUT2D eigenvalue weighted by Gasteiger charge is -2.25. The second-order valence-electron chi connectivity index (χ2n) is 7.88. The molecule has 2 N–H and O–H groups in total. The number of hydrogen-bond acceptors (Lipinski definition) is 5. The van der Waals surface area contributed by atoms with E-state index in [4.69, 9.17) is 4.74 Å². The Morgan fingerprint density at radius 3 is 2.24 bits per heavy atom. The van der Waals surface area contributed by atoms with E-state index in [2.05, 4.69) is 0 Å². The first-order valence-electron chi connectivity index (χ1n) is 10.8. The monoisotopic (exact) mass is 443 g/mol. The van der Waals surface area contributed by atoms with E-state index in [0.29, 0.717) is 23.5 Å². The molecule has 0 aliphatic carbocycles. The van der Waals surface area contributed by atoms with Crippen molar-refractivity contribution in [3.05, 3.63) is 101 Å². The summed E-state index contributed by atoms with van der Waals surface area (Å²) in [6, 6.07) is 21.6. The maximum atomic E-state index is 13.1. The lowest BCUT2D eigenvalue weighted by Crippen LogP contribution is -2.29. The van der Waals surface area contributed by atoms with Crippen LogP contribution in [0.4, 0.5) is 0 Å². The summed E-state index contributed by atoms with van der Waals surface area (Å²) < 4.78 is 5.59. The van der Waals surface area contributed by atoms with Crippen molar-refractivity contribution in [3.8, 4) is 11.5 Å². The minimum Gasteiger partial charge on any atom is -0.508 e. The SMILES string of the molecule is CCCOc1ccc(C(O)=C2C(=O)C(=O)N(Cc3ccccc3)C2c2ccc(O)cc2)cc1. The maximum Gasteiger partial charge on any atom is 0.295 e. The third-order valence-electron chi connectivity index (χ3n) is 5.55. The minimum absolute atomic E-state index is 0.0175. The molecule has 168 valence electrons. The molecule has 0 bridgehead atoms. The Hall–Kier alpha value is -4.06. The van der Waals surface area contributed by atoms with Gasteiger partial charge in [0, 0.05) is 12.1 Å². The van der Waals surface area contributed by atoms with Gasteiger partial charge in [-0.2, -0.15) is 0 Å². The highest BCUT2D eigenvalue weighted by Gasteiger charge is 2.46. The molecule has 1 amide bonds. The number of amides is 1. The van der Waals surface area contributed by atoms with E-state index < -0.39 is 17.7 Å². The number of aromatic hydroxyl groups is 1. The molecule has 1 aliphatic heterocycles. The molecule has 33 heavy (non-hydrogen) atoms. The number of Topliss-reactive ketones (excluding diaryl/α,β-unsaturated/α-hetero) is 1. The molecule has 0 spiro atoms. The molecular formula is C27H25NO5. The molecule has 1 atom stereocenters. The first-order valence-corrected chi connectivity index (χ1v) is 10.8. The van der Waals surface area contributed by atoms with Gasteiger partial charge in [-0.05, 0) is 53.9 Å². The van der Waals surface area contributed by atoms with Crippen LogP contribution in [0.2, 0.25) is 0 Å². The summed E-state index contributed by atoms with van der Waals surface area (Å²) in [6.07, 6.45) is 0.874. The third kappa shape index (κ3) is 4.60. The molecule has 3 aromatic carbocycles.